The number of nitrogens with zero attached hydrogens (tertiary/aromatic N) is 1. The first-order valence-electron chi connectivity index (χ1n) is 7.57. The van der Waals surface area contributed by atoms with Gasteiger partial charge in [-0.25, -0.2) is 0 Å². The molecular formula is C16H23N2O3+. The van der Waals surface area contributed by atoms with Gasteiger partial charge in [0.05, 0.1) is 20.1 Å². The number of anilines is 1. The Hall–Kier alpha value is -1.75. The monoisotopic (exact) mass is 291 g/mol. The van der Waals surface area contributed by atoms with Gasteiger partial charge < -0.3 is 19.3 Å². The number of carbonyl (C=O) groups is 1. The second-order valence-electron chi connectivity index (χ2n) is 6.49. The van der Waals surface area contributed by atoms with Gasteiger partial charge in [-0.05, 0) is 37.8 Å². The van der Waals surface area contributed by atoms with E-state index in [1.807, 2.05) is 18.2 Å². The van der Waals surface area contributed by atoms with Crippen molar-refractivity contribution < 1.29 is 18.8 Å². The molecule has 1 aromatic carbocycles. The Morgan fingerprint density at radius 3 is 2.71 bits per heavy atom. The van der Waals surface area contributed by atoms with Crippen LogP contribution < -0.4 is 14.8 Å². The lowest BCUT2D eigenvalue weighted by Crippen LogP contribution is -2.51. The lowest BCUT2D eigenvalue weighted by Gasteiger charge is -2.35. The molecule has 0 radical (unpaired) electrons. The van der Waals surface area contributed by atoms with Crippen LogP contribution in [0.25, 0.3) is 0 Å². The second kappa shape index (κ2) is 5.56. The number of nitrogens with one attached hydrogen (secondary N) is 1. The van der Waals surface area contributed by atoms with Crippen LogP contribution >= 0.6 is 0 Å². The fourth-order valence-corrected chi connectivity index (χ4v) is 3.28. The van der Waals surface area contributed by atoms with Crippen molar-refractivity contribution in [1.82, 2.24) is 0 Å². The number of rotatable bonds is 4. The summed E-state index contributed by atoms with van der Waals surface area (Å²) in [7, 11) is 4.30. The number of carbonyl (C=O) groups excluding carboxylic acids is 1. The molecule has 21 heavy (non-hydrogen) atoms. The van der Waals surface area contributed by atoms with Gasteiger partial charge >= 0.3 is 0 Å². The van der Waals surface area contributed by atoms with E-state index in [0.717, 1.165) is 15.9 Å². The molecule has 5 nitrogen and oxygen atoms in total. The first-order chi connectivity index (χ1) is 10.0. The van der Waals surface area contributed by atoms with Crippen LogP contribution in [0.3, 0.4) is 0 Å². The molecule has 1 amide bonds. The standard InChI is InChI=1S/C16H22N2O3/c1-18(2,13-5-3-4-6-13)10-16(19)17-12-7-8-14-15(9-12)21-11-20-14/h7-9,13H,3-6,10-11H2,1-2H3/p+1. The minimum Gasteiger partial charge on any atom is -0.454 e. The largest absolute Gasteiger partial charge is 0.454 e. The molecule has 0 atom stereocenters. The third-order valence-corrected chi connectivity index (χ3v) is 4.52. The van der Waals surface area contributed by atoms with Gasteiger partial charge in [-0.1, -0.05) is 0 Å². The smallest absolute Gasteiger partial charge is 0.279 e. The Balaban J connectivity index is 1.61. The van der Waals surface area contributed by atoms with Crippen molar-refractivity contribution in [1.29, 1.82) is 0 Å². The van der Waals surface area contributed by atoms with Gasteiger partial charge in [0.15, 0.2) is 18.0 Å². The number of fused-ring (bicyclic) bond motifs is 1. The number of hydrogen-bond donors (Lipinski definition) is 1. The van der Waals surface area contributed by atoms with Gasteiger partial charge in [-0.2, -0.15) is 0 Å². The molecule has 0 bridgehead atoms. The second-order valence-corrected chi connectivity index (χ2v) is 6.49. The van der Waals surface area contributed by atoms with E-state index in [2.05, 4.69) is 19.4 Å². The molecule has 1 aromatic rings. The fourth-order valence-electron chi connectivity index (χ4n) is 3.28. The first-order valence-corrected chi connectivity index (χ1v) is 7.57. The van der Waals surface area contributed by atoms with Crippen molar-refractivity contribution in [2.75, 3.05) is 32.7 Å². The van der Waals surface area contributed by atoms with Crippen molar-refractivity contribution >= 4 is 11.6 Å². The summed E-state index contributed by atoms with van der Waals surface area (Å²) in [5.41, 5.74) is 0.760. The highest BCUT2D eigenvalue weighted by molar-refractivity contribution is 5.92. The summed E-state index contributed by atoms with van der Waals surface area (Å²) in [5.74, 6) is 1.47. The maximum atomic E-state index is 12.3. The predicted molar refractivity (Wildman–Crippen MR) is 80.4 cm³/mol. The summed E-state index contributed by atoms with van der Waals surface area (Å²) < 4.78 is 11.4. The third kappa shape index (κ3) is 3.13. The summed E-state index contributed by atoms with van der Waals surface area (Å²) >= 11 is 0. The van der Waals surface area contributed by atoms with Gasteiger partial charge in [0.2, 0.25) is 6.79 Å². The van der Waals surface area contributed by atoms with Crippen LogP contribution in [0, 0.1) is 0 Å². The van der Waals surface area contributed by atoms with Crippen molar-refractivity contribution in [3.8, 4) is 11.5 Å². The SMILES string of the molecule is C[N+](C)(CC(=O)Nc1ccc2c(c1)OCO2)C1CCCC1. The molecule has 0 aromatic heterocycles. The van der Waals surface area contributed by atoms with E-state index >= 15 is 0 Å². The van der Waals surface area contributed by atoms with E-state index in [1.165, 1.54) is 25.7 Å². The summed E-state index contributed by atoms with van der Waals surface area (Å²) in [6.07, 6.45) is 5.03. The molecule has 3 rings (SSSR count). The van der Waals surface area contributed by atoms with Crippen molar-refractivity contribution in [3.63, 3.8) is 0 Å². The van der Waals surface area contributed by atoms with Gasteiger partial charge in [0.1, 0.15) is 0 Å². The molecule has 5 heteroatoms. The summed E-state index contributed by atoms with van der Waals surface area (Å²) in [5, 5.41) is 2.96. The Morgan fingerprint density at radius 2 is 1.95 bits per heavy atom. The molecule has 0 unspecified atom stereocenters. The fraction of sp³-hybridized carbons (Fsp3) is 0.562. The minimum atomic E-state index is 0.0470. The van der Waals surface area contributed by atoms with E-state index < -0.39 is 0 Å². The lowest BCUT2D eigenvalue weighted by atomic mass is 10.2. The summed E-state index contributed by atoms with van der Waals surface area (Å²) in [6, 6.07) is 6.10. The molecule has 0 saturated heterocycles. The number of benzene rings is 1. The Kier molecular flexibility index (Phi) is 3.76. The topological polar surface area (TPSA) is 47.6 Å². The van der Waals surface area contributed by atoms with E-state index in [9.17, 15) is 4.79 Å². The third-order valence-electron chi connectivity index (χ3n) is 4.52. The summed E-state index contributed by atoms with van der Waals surface area (Å²) in [6.45, 7) is 0.747. The molecule has 1 aliphatic carbocycles. The van der Waals surface area contributed by atoms with Gasteiger partial charge in [0, 0.05) is 11.8 Å². The van der Waals surface area contributed by atoms with Crippen molar-refractivity contribution in [2.24, 2.45) is 0 Å². The Bertz CT molecular complexity index is 536. The van der Waals surface area contributed by atoms with E-state index in [-0.39, 0.29) is 12.7 Å². The highest BCUT2D eigenvalue weighted by atomic mass is 16.7. The molecule has 1 heterocycles. The number of amides is 1. The lowest BCUT2D eigenvalue weighted by molar-refractivity contribution is -0.906. The zero-order valence-electron chi connectivity index (χ0n) is 12.7. The average Bonchev–Trinajstić information content (AvgIpc) is 3.09. The highest BCUT2D eigenvalue weighted by Crippen LogP contribution is 2.34. The van der Waals surface area contributed by atoms with Crippen LogP contribution in [0.5, 0.6) is 11.5 Å². The van der Waals surface area contributed by atoms with Gasteiger partial charge in [0.25, 0.3) is 5.91 Å². The number of likely N-dealkylation sites (N-methyl/N-ethyl adjacent to an activating group) is 1. The maximum absolute atomic E-state index is 12.3. The Labute approximate surface area is 125 Å². The predicted octanol–water partition coefficient (Wildman–Crippen LogP) is 2.37. The first kappa shape index (κ1) is 14.2. The number of ether oxygens (including phenoxy) is 2. The van der Waals surface area contributed by atoms with E-state index in [1.54, 1.807) is 0 Å². The molecular weight excluding hydrogens is 268 g/mol. The minimum absolute atomic E-state index is 0.0470. The number of quaternary nitrogens is 1. The van der Waals surface area contributed by atoms with Crippen LogP contribution in [0.15, 0.2) is 18.2 Å². The number of hydrogen-bond acceptors (Lipinski definition) is 3. The van der Waals surface area contributed by atoms with Crippen LogP contribution in [-0.4, -0.2) is 43.9 Å². The zero-order chi connectivity index (χ0) is 14.9. The average molecular weight is 291 g/mol. The normalized spacial score (nSPS) is 18.0. The van der Waals surface area contributed by atoms with E-state index in [0.29, 0.717) is 18.3 Å². The molecule has 1 saturated carbocycles. The van der Waals surface area contributed by atoms with Gasteiger partial charge in [-0.3, -0.25) is 4.79 Å². The summed E-state index contributed by atoms with van der Waals surface area (Å²) in [4.78, 5) is 12.3. The molecule has 0 spiro atoms. The molecule has 1 fully saturated rings. The van der Waals surface area contributed by atoms with Crippen molar-refractivity contribution in [3.05, 3.63) is 18.2 Å². The maximum Gasteiger partial charge on any atom is 0.279 e. The molecule has 1 N–H and O–H groups in total. The highest BCUT2D eigenvalue weighted by Gasteiger charge is 2.33. The van der Waals surface area contributed by atoms with Crippen LogP contribution in [0.1, 0.15) is 25.7 Å². The quantitative estimate of drug-likeness (QED) is 0.866. The Morgan fingerprint density at radius 1 is 1.24 bits per heavy atom. The van der Waals surface area contributed by atoms with Crippen LogP contribution in [0.2, 0.25) is 0 Å². The van der Waals surface area contributed by atoms with Crippen molar-refractivity contribution in [2.45, 2.75) is 31.7 Å². The van der Waals surface area contributed by atoms with Crippen LogP contribution in [0.4, 0.5) is 5.69 Å². The van der Waals surface area contributed by atoms with E-state index in [4.69, 9.17) is 9.47 Å². The molecule has 1 aliphatic heterocycles. The van der Waals surface area contributed by atoms with Gasteiger partial charge in [-0.15, -0.1) is 0 Å². The zero-order valence-corrected chi connectivity index (χ0v) is 12.7. The molecule has 2 aliphatic rings. The molecule has 114 valence electrons. The van der Waals surface area contributed by atoms with Crippen LogP contribution in [-0.2, 0) is 4.79 Å².